The Balaban J connectivity index is -0.00000000114. The van der Waals surface area contributed by atoms with Gasteiger partial charge in [0.1, 0.15) is 0 Å². The summed E-state index contributed by atoms with van der Waals surface area (Å²) in [6.07, 6.45) is 0. The number of hydrogen-bond donors (Lipinski definition) is 0. The third-order valence-corrected chi connectivity index (χ3v) is 0. The van der Waals surface area contributed by atoms with E-state index in [1.807, 2.05) is 0 Å². The Morgan fingerprint density at radius 2 is 0.889 bits per heavy atom. The summed E-state index contributed by atoms with van der Waals surface area (Å²) in [7, 11) is 4.69. The van der Waals surface area contributed by atoms with Crippen LogP contribution in [0.2, 0.25) is 6.55 Å². The summed E-state index contributed by atoms with van der Waals surface area (Å²) in [5.74, 6) is 0. The molecule has 48 valence electrons. The topological polar surface area (TPSA) is 131 Å². The molecule has 0 aromatic heterocycles. The summed E-state index contributed by atoms with van der Waals surface area (Å²) in [4.78, 5) is 0. The van der Waals surface area contributed by atoms with Gasteiger partial charge >= 0.3 is 48.7 Å². The Bertz CT molecular complexity index is 14.9. The maximum atomic E-state index is 8.06. The number of hydrogen-bond acceptors (Lipinski definition) is 1. The van der Waals surface area contributed by atoms with Crippen LogP contribution >= 0.6 is 0 Å². The molecule has 0 saturated heterocycles. The summed E-state index contributed by atoms with van der Waals surface area (Å²) in [6.45, 7) is 1.81. The molecular weight excluding hydrogens is 175 g/mol. The molecule has 0 aromatic rings. The van der Waals surface area contributed by atoms with Crippen molar-refractivity contribution in [2.75, 3.05) is 0 Å². The van der Waals surface area contributed by atoms with E-state index < -0.39 is 0 Å². The first-order valence-electron chi connectivity index (χ1n) is 0.704. The van der Waals surface area contributed by atoms with Crippen LogP contribution in [0.3, 0.4) is 0 Å². The van der Waals surface area contributed by atoms with Crippen molar-refractivity contribution in [3.8, 4) is 0 Å². The van der Waals surface area contributed by atoms with Gasteiger partial charge in [0, 0.05) is 0 Å². The predicted molar refractivity (Wildman–Crippen MR) is 26.6 cm³/mol. The molecule has 0 aromatic carbocycles. The summed E-state index contributed by atoms with van der Waals surface area (Å²) in [5.41, 5.74) is 0. The van der Waals surface area contributed by atoms with E-state index in [0.29, 0.717) is 0 Å². The zero-order chi connectivity index (χ0) is 4.00. The molecule has 0 amide bonds. The molecule has 0 radical (unpaired) electrons. The van der Waals surface area contributed by atoms with Crippen molar-refractivity contribution in [2.24, 2.45) is 0 Å². The van der Waals surface area contributed by atoms with Gasteiger partial charge in [-0.25, -0.2) is 0 Å². The van der Waals surface area contributed by atoms with Gasteiger partial charge in [-0.15, -0.1) is 0 Å². The van der Waals surface area contributed by atoms with Crippen LogP contribution in [0, 0.1) is 0 Å². The third-order valence-electron chi connectivity index (χ3n) is 0. The van der Waals surface area contributed by atoms with Gasteiger partial charge in [0.05, 0.1) is 0 Å². The average Bonchev–Trinajstić information content (AvgIpc) is 1.50. The van der Waals surface area contributed by atoms with Crippen LogP contribution in [-0.4, -0.2) is 37.7 Å². The fourth-order valence-electron chi connectivity index (χ4n) is 0. The second kappa shape index (κ2) is 1350. The zero-order valence-electron chi connectivity index (χ0n) is 4.62. The minimum Gasteiger partial charge on any atom is -2.00 e. The van der Waals surface area contributed by atoms with E-state index in [1.54, 1.807) is 16.7 Å². The van der Waals surface area contributed by atoms with E-state index in [-0.39, 0.29) is 39.3 Å². The molecule has 0 bridgehead atoms. The van der Waals surface area contributed by atoms with Crippen molar-refractivity contribution >= 4 is 37.7 Å². The Morgan fingerprint density at radius 1 is 0.889 bits per heavy atom. The van der Waals surface area contributed by atoms with Crippen molar-refractivity contribution < 1.29 is 26.4 Å². The summed E-state index contributed by atoms with van der Waals surface area (Å²) < 4.78 is 8.06. The largest absolute Gasteiger partial charge is 3.00 e. The quantitative estimate of drug-likeness (QED) is 0.425. The van der Waals surface area contributed by atoms with E-state index in [9.17, 15) is 0 Å². The summed E-state index contributed by atoms with van der Waals surface area (Å²) in [5, 5.41) is 0. The molecule has 0 atom stereocenters. The molecule has 0 N–H and O–H groups in total. The Labute approximate surface area is 71.1 Å². The van der Waals surface area contributed by atoms with Gasteiger partial charge in [-0.1, -0.05) is 0 Å². The van der Waals surface area contributed by atoms with Gasteiger partial charge in [-0.05, 0) is 0 Å². The van der Waals surface area contributed by atoms with Crippen LogP contribution in [-0.2, 0) is 26.4 Å². The minimum absolute atomic E-state index is 0. The molecular formula is CH3AlO5Si2. The number of rotatable bonds is 0. The van der Waals surface area contributed by atoms with Crippen LogP contribution in [0.4, 0.5) is 0 Å². The van der Waals surface area contributed by atoms with Crippen LogP contribution in [0.25, 0.3) is 0 Å². The van der Waals surface area contributed by atoms with E-state index in [0.717, 1.165) is 0 Å². The minimum atomic E-state index is 0. The summed E-state index contributed by atoms with van der Waals surface area (Å²) >= 11 is 0. The average molecular weight is 178 g/mol. The molecule has 0 aliphatic rings. The molecule has 0 fully saturated rings. The third kappa shape index (κ3) is 1020. The van der Waals surface area contributed by atoms with Gasteiger partial charge in [0.25, 0.3) is 0 Å². The van der Waals surface area contributed by atoms with Crippen LogP contribution in [0.15, 0.2) is 0 Å². The molecule has 0 aliphatic carbocycles. The normalized spacial score (nSPS) is 1.44. The fourth-order valence-corrected chi connectivity index (χ4v) is 0. The van der Waals surface area contributed by atoms with E-state index >= 15 is 0 Å². The smallest absolute Gasteiger partial charge is 2.00 e. The molecule has 0 unspecified atom stereocenters. The second-order valence-corrected chi connectivity index (χ2v) is 0. The maximum absolute atomic E-state index is 8.06. The zero-order valence-corrected chi connectivity index (χ0v) is 7.77. The Hall–Kier alpha value is 0.606. The monoisotopic (exact) mass is 178 g/mol. The van der Waals surface area contributed by atoms with E-state index in [4.69, 9.17) is 4.46 Å². The molecule has 0 rings (SSSR count). The molecule has 0 aliphatic heterocycles. The van der Waals surface area contributed by atoms with Crippen LogP contribution < -0.4 is 0 Å². The molecule has 0 heterocycles. The van der Waals surface area contributed by atoms with Crippen molar-refractivity contribution in [1.29, 1.82) is 0 Å². The first-order valence-corrected chi connectivity index (χ1v) is 2.11. The van der Waals surface area contributed by atoms with Gasteiger partial charge in [-0.3, -0.25) is 0 Å². The van der Waals surface area contributed by atoms with E-state index in [1.165, 1.54) is 0 Å². The Morgan fingerprint density at radius 3 is 0.889 bits per heavy atom. The van der Waals surface area contributed by atoms with Crippen LogP contribution in [0.1, 0.15) is 0 Å². The van der Waals surface area contributed by atoms with E-state index in [2.05, 4.69) is 10.2 Å². The van der Waals surface area contributed by atoms with Crippen molar-refractivity contribution in [2.45, 2.75) is 6.55 Å². The summed E-state index contributed by atoms with van der Waals surface area (Å²) in [6, 6.07) is 0. The molecule has 0 spiro atoms. The first kappa shape index (κ1) is 105. The molecule has 8 heteroatoms. The SMILES string of the molecule is C[Si+3].O=[Si+2].[Al+3].[O-2].[O-2].[O-2].[O-2]. The first-order chi connectivity index (χ1) is 2.00. The van der Waals surface area contributed by atoms with Crippen LogP contribution in [0.5, 0.6) is 0 Å². The Kier molecular flexibility index (Phi) is 15800. The second-order valence-electron chi connectivity index (χ2n) is 0. The van der Waals surface area contributed by atoms with Crippen molar-refractivity contribution in [1.82, 2.24) is 0 Å². The van der Waals surface area contributed by atoms with Gasteiger partial charge in [0.2, 0.25) is 0 Å². The molecule has 0 saturated carbocycles. The van der Waals surface area contributed by atoms with Gasteiger partial charge < -0.3 is 21.9 Å². The predicted octanol–water partition coefficient (Wildman–Crippen LogP) is -1.15. The van der Waals surface area contributed by atoms with Gasteiger partial charge in [0.15, 0.2) is 0 Å². The fraction of sp³-hybridized carbons (Fsp3) is 1.00. The molecule has 9 heavy (non-hydrogen) atoms. The maximum Gasteiger partial charge on any atom is 3.00 e. The van der Waals surface area contributed by atoms with Crippen molar-refractivity contribution in [3.05, 3.63) is 0 Å². The van der Waals surface area contributed by atoms with Crippen molar-refractivity contribution in [3.63, 3.8) is 0 Å². The standard InChI is InChI=1S/CH3Si.Al.OSi.4O/c1-2;;1-2;;;;/h1H3;;;;;;/q2*+3;+2;4*-2. The van der Waals surface area contributed by atoms with Gasteiger partial charge in [-0.2, -0.15) is 0 Å². The molecule has 5 nitrogen and oxygen atoms in total.